The average Bonchev–Trinajstić information content (AvgIpc) is 3.37. The van der Waals surface area contributed by atoms with Gasteiger partial charge in [-0.25, -0.2) is 4.79 Å². The second-order valence-electron chi connectivity index (χ2n) is 22.4. The quantitative estimate of drug-likeness (QED) is 0.0523. The highest BCUT2D eigenvalue weighted by atomic mass is 16.6. The number of Topliss-reactive ketones (excluding diaryl/α,β-unsaturated/α-hetero) is 1. The summed E-state index contributed by atoms with van der Waals surface area (Å²) in [6.45, 7) is 1.94. The zero-order valence-electron chi connectivity index (χ0n) is 41.7. The number of esters is 2. The molecule has 11 atom stereocenters. The van der Waals surface area contributed by atoms with Crippen LogP contribution in [0.1, 0.15) is 147 Å². The molecule has 12 heteroatoms. The van der Waals surface area contributed by atoms with Crippen LogP contribution in [0.4, 0.5) is 5.69 Å². The van der Waals surface area contributed by atoms with E-state index < -0.39 is 53.1 Å². The molecule has 12 nitrogen and oxygen atoms in total. The summed E-state index contributed by atoms with van der Waals surface area (Å²) in [5.41, 5.74) is 2.69. The number of methoxy groups -OCH3 is 1. The minimum atomic E-state index is -1.64. The number of carbonyl (C=O) groups excluding carboxylic acids is 3. The molecule has 382 valence electrons. The van der Waals surface area contributed by atoms with Crippen LogP contribution < -0.4 is 10.1 Å². The summed E-state index contributed by atoms with van der Waals surface area (Å²) in [6, 6.07) is 15.3. The van der Waals surface area contributed by atoms with Crippen LogP contribution in [-0.4, -0.2) is 86.9 Å². The Morgan fingerprint density at radius 1 is 0.917 bits per heavy atom. The summed E-state index contributed by atoms with van der Waals surface area (Å²) < 4.78 is 18.4. The molecule has 10 rings (SSSR count). The maximum atomic E-state index is 15.6. The van der Waals surface area contributed by atoms with E-state index >= 15 is 4.79 Å². The van der Waals surface area contributed by atoms with Crippen LogP contribution in [0.3, 0.4) is 0 Å². The van der Waals surface area contributed by atoms with E-state index in [4.69, 9.17) is 14.2 Å². The molecule has 72 heavy (non-hydrogen) atoms. The van der Waals surface area contributed by atoms with Crippen LogP contribution in [-0.2, 0) is 49.7 Å². The molecule has 3 fully saturated rings. The number of fused-ring (bicyclic) bond motifs is 9. The van der Waals surface area contributed by atoms with E-state index in [1.54, 1.807) is 26.2 Å². The number of aliphatic hydroxyl groups is 4. The minimum absolute atomic E-state index is 0.0259. The fourth-order valence-electron chi connectivity index (χ4n) is 13.9. The van der Waals surface area contributed by atoms with Gasteiger partial charge in [-0.3, -0.25) is 9.59 Å². The molecule has 3 aliphatic heterocycles. The Hall–Kier alpha value is -5.29. The van der Waals surface area contributed by atoms with Crippen molar-refractivity contribution in [2.75, 3.05) is 25.6 Å². The van der Waals surface area contributed by atoms with Crippen molar-refractivity contribution in [1.29, 1.82) is 0 Å². The molecule has 3 heterocycles. The molecular formula is C60H71NO11. The molecule has 11 unspecified atom stereocenters. The average molecular weight is 982 g/mol. The molecular weight excluding hydrogens is 911 g/mol. The lowest BCUT2D eigenvalue weighted by atomic mass is 9.49. The maximum absolute atomic E-state index is 15.6. The van der Waals surface area contributed by atoms with Crippen molar-refractivity contribution in [3.63, 3.8) is 0 Å². The summed E-state index contributed by atoms with van der Waals surface area (Å²) >= 11 is 0. The van der Waals surface area contributed by atoms with Crippen molar-refractivity contribution in [1.82, 2.24) is 0 Å². The first-order chi connectivity index (χ1) is 34.7. The van der Waals surface area contributed by atoms with E-state index in [9.17, 15) is 35.1 Å². The van der Waals surface area contributed by atoms with Crippen molar-refractivity contribution in [3.05, 3.63) is 111 Å². The van der Waals surface area contributed by atoms with Gasteiger partial charge >= 0.3 is 11.9 Å². The van der Waals surface area contributed by atoms with Gasteiger partial charge in [0.05, 0.1) is 30.7 Å². The topological polar surface area (TPSA) is 192 Å². The molecule has 0 radical (unpaired) electrons. The number of hydrogen-bond acceptors (Lipinski definition) is 12. The monoisotopic (exact) mass is 982 g/mol. The Morgan fingerprint density at radius 3 is 2.50 bits per heavy atom. The molecule has 3 saturated carbocycles. The summed E-state index contributed by atoms with van der Waals surface area (Å²) in [4.78, 5) is 43.7. The van der Waals surface area contributed by atoms with Gasteiger partial charge in [-0.2, -0.15) is 0 Å². The third-order valence-electron chi connectivity index (χ3n) is 17.5. The van der Waals surface area contributed by atoms with Crippen LogP contribution >= 0.6 is 0 Å². The molecule has 10 bridgehead atoms. The first-order valence-electron chi connectivity index (χ1n) is 26.6. The molecule has 0 saturated heterocycles. The number of carbonyl (C=O) groups is 3. The fourth-order valence-corrected chi connectivity index (χ4v) is 13.9. The fraction of sp³-hybridized carbons (Fsp3) is 0.550. The summed E-state index contributed by atoms with van der Waals surface area (Å²) in [5, 5.41) is 64.2. The number of nitrogens with one attached hydrogen (secondary N) is 1. The van der Waals surface area contributed by atoms with E-state index in [0.717, 1.165) is 49.7 Å². The number of ether oxygens (including phenoxy) is 3. The highest BCUT2D eigenvalue weighted by molar-refractivity contribution is 5.89. The third-order valence-corrected chi connectivity index (χ3v) is 17.5. The lowest BCUT2D eigenvalue weighted by Gasteiger charge is -2.58. The number of rotatable bonds is 9. The van der Waals surface area contributed by atoms with Gasteiger partial charge in [-0.1, -0.05) is 73.6 Å². The lowest BCUT2D eigenvalue weighted by molar-refractivity contribution is -0.221. The molecule has 0 amide bonds. The molecule has 3 aromatic rings. The smallest absolute Gasteiger partial charge is 0.334 e. The van der Waals surface area contributed by atoms with Crippen molar-refractivity contribution < 1.29 is 54.1 Å². The second kappa shape index (κ2) is 20.9. The zero-order chi connectivity index (χ0) is 50.3. The number of ketones is 1. The molecule has 7 aliphatic rings. The Kier molecular flexibility index (Phi) is 14.6. The molecule has 3 aromatic carbocycles. The van der Waals surface area contributed by atoms with Crippen molar-refractivity contribution in [2.24, 2.45) is 29.6 Å². The van der Waals surface area contributed by atoms with Crippen molar-refractivity contribution in [2.45, 2.75) is 157 Å². The standard InChI is InChI=1S/C60H71NO11/c1-59(68,19-20-70-2)34-61-45-23-37(33-62)22-42(27-45)39-15-16-40-32-54(65)72-57-47(40)30-43(56(66)55(57)38-11-4-3-5-12-38)31-53-60(69)50-14-7-6-13-41(50)29-48-49(52(64)18-17-51(48)60)25-36-10-8-9-35(21-36)24-46(63)28-44(26-39)58(67)71-53/h6,8-10,13,21-23,27-28,30,38-41,46,48-51,53,61-63,66,68-69H,3-5,7,11-12,14,17-20,24-26,29,31-34H2,1-2H3. The SMILES string of the molecule is COCCC(C)(O)CNc1cc(CO)cc(C2C#CC3CC(=O)Oc4c3cc(c(O)c4C3CCCCC3)CC3OC(=O)C(=CC(O)Cc4cccc(c4)CC4C(=O)CCC5C4CC4C=CCCC4C35O)C2)c1. The molecule has 6 N–H and O–H groups in total. The number of anilines is 1. The highest BCUT2D eigenvalue weighted by Crippen LogP contribution is 2.58. The summed E-state index contributed by atoms with van der Waals surface area (Å²) in [6.07, 6.45) is 11.7. The highest BCUT2D eigenvalue weighted by Gasteiger charge is 2.62. The van der Waals surface area contributed by atoms with Gasteiger partial charge < -0.3 is 45.1 Å². The number of hydrogen-bond donors (Lipinski definition) is 6. The largest absolute Gasteiger partial charge is 0.507 e. The Morgan fingerprint density at radius 2 is 1.71 bits per heavy atom. The first-order valence-corrected chi connectivity index (χ1v) is 26.6. The lowest BCUT2D eigenvalue weighted by Crippen LogP contribution is -2.65. The third kappa shape index (κ3) is 10.2. The number of aliphatic hydroxyl groups excluding tert-OH is 2. The molecule has 4 aliphatic carbocycles. The molecule has 0 spiro atoms. The number of phenols is 1. The van der Waals surface area contributed by atoms with E-state index in [2.05, 4.69) is 29.3 Å². The Bertz CT molecular complexity index is 2690. The van der Waals surface area contributed by atoms with Crippen LogP contribution in [0.2, 0.25) is 0 Å². The first kappa shape index (κ1) is 50.3. The predicted octanol–water partition coefficient (Wildman–Crippen LogP) is 8.18. The maximum Gasteiger partial charge on any atom is 0.334 e. The number of phenolic OH excluding ortho intramolecular Hbond substituents is 1. The van der Waals surface area contributed by atoms with E-state index in [-0.39, 0.29) is 92.0 Å². The van der Waals surface area contributed by atoms with Crippen molar-refractivity contribution in [3.8, 4) is 23.3 Å². The number of aromatic hydroxyl groups is 1. The summed E-state index contributed by atoms with van der Waals surface area (Å²) in [5.74, 6) is 3.25. The number of benzene rings is 3. The van der Waals surface area contributed by atoms with Crippen LogP contribution in [0, 0.1) is 41.4 Å². The normalized spacial score (nSPS) is 31.3. The van der Waals surface area contributed by atoms with Crippen molar-refractivity contribution >= 4 is 23.4 Å². The van der Waals surface area contributed by atoms with E-state index in [0.29, 0.717) is 78.0 Å². The molecule has 0 aromatic heterocycles. The Labute approximate surface area is 423 Å². The van der Waals surface area contributed by atoms with Gasteiger partial charge in [0.2, 0.25) is 0 Å². The van der Waals surface area contributed by atoms with Crippen LogP contribution in [0.15, 0.2) is 72.3 Å². The second-order valence-corrected chi connectivity index (χ2v) is 22.4. The number of allylic oxidation sites excluding steroid dienone is 2. The zero-order valence-corrected chi connectivity index (χ0v) is 41.7. The Balaban J connectivity index is 1.19. The van der Waals surface area contributed by atoms with Crippen LogP contribution in [0.5, 0.6) is 11.5 Å². The minimum Gasteiger partial charge on any atom is -0.507 e. The van der Waals surface area contributed by atoms with E-state index in [1.807, 2.05) is 42.5 Å². The van der Waals surface area contributed by atoms with Gasteiger partial charge in [-0.15, -0.1) is 0 Å². The van der Waals surface area contributed by atoms with E-state index in [1.165, 1.54) is 0 Å². The van der Waals surface area contributed by atoms with Gasteiger partial charge in [0, 0.05) is 80.2 Å². The van der Waals surface area contributed by atoms with Crippen LogP contribution in [0.25, 0.3) is 0 Å². The summed E-state index contributed by atoms with van der Waals surface area (Å²) in [7, 11) is 1.58. The van der Waals surface area contributed by atoms with Gasteiger partial charge in [0.25, 0.3) is 0 Å². The predicted molar refractivity (Wildman–Crippen MR) is 271 cm³/mol. The van der Waals surface area contributed by atoms with Gasteiger partial charge in [-0.05, 0) is 140 Å². The van der Waals surface area contributed by atoms with Gasteiger partial charge in [0.1, 0.15) is 29.0 Å². The van der Waals surface area contributed by atoms with Gasteiger partial charge in [0.15, 0.2) is 0 Å².